The van der Waals surface area contributed by atoms with Crippen LogP contribution in [0.5, 0.6) is 0 Å². The lowest BCUT2D eigenvalue weighted by molar-refractivity contribution is 0.590. The first kappa shape index (κ1) is 16.3. The van der Waals surface area contributed by atoms with Crippen LogP contribution in [0.2, 0.25) is 5.02 Å². The number of hydrogen-bond acceptors (Lipinski definition) is 1. The minimum Gasteiger partial charge on any atom is -0.259 e. The summed E-state index contributed by atoms with van der Waals surface area (Å²) in [5.41, 5.74) is 3.50. The van der Waals surface area contributed by atoms with E-state index in [1.54, 1.807) is 0 Å². The second-order valence-corrected chi connectivity index (χ2v) is 8.13. The van der Waals surface area contributed by atoms with Crippen LogP contribution in [-0.2, 0) is 27.7 Å². The zero-order valence-electron chi connectivity index (χ0n) is 12.7. The molecule has 0 aliphatic carbocycles. The van der Waals surface area contributed by atoms with Crippen molar-refractivity contribution < 1.29 is 4.21 Å². The van der Waals surface area contributed by atoms with Crippen LogP contribution in [0.1, 0.15) is 37.5 Å². The summed E-state index contributed by atoms with van der Waals surface area (Å²) in [6.07, 6.45) is 0. The van der Waals surface area contributed by atoms with Crippen molar-refractivity contribution in [2.75, 3.05) is 0 Å². The molecule has 0 heterocycles. The Labute approximate surface area is 134 Å². The number of halogens is 1. The molecule has 1 unspecified atom stereocenters. The minimum atomic E-state index is -0.944. The number of benzene rings is 2. The van der Waals surface area contributed by atoms with Gasteiger partial charge < -0.3 is 0 Å². The van der Waals surface area contributed by atoms with Gasteiger partial charge in [0.1, 0.15) is 0 Å². The summed E-state index contributed by atoms with van der Waals surface area (Å²) >= 11 is 6.11. The third-order valence-electron chi connectivity index (χ3n) is 3.42. The molecule has 0 saturated heterocycles. The van der Waals surface area contributed by atoms with E-state index in [2.05, 4.69) is 45.0 Å². The topological polar surface area (TPSA) is 17.1 Å². The molecule has 112 valence electrons. The monoisotopic (exact) mass is 320 g/mol. The van der Waals surface area contributed by atoms with Crippen molar-refractivity contribution >= 4 is 22.4 Å². The highest BCUT2D eigenvalue weighted by atomic mass is 35.5. The quantitative estimate of drug-likeness (QED) is 0.767. The maximum absolute atomic E-state index is 12.3. The van der Waals surface area contributed by atoms with E-state index >= 15 is 0 Å². The molecule has 21 heavy (non-hydrogen) atoms. The maximum Gasteiger partial charge on any atom is 0.0503 e. The van der Waals surface area contributed by atoms with E-state index in [0.29, 0.717) is 16.5 Å². The van der Waals surface area contributed by atoms with Crippen LogP contribution in [0.3, 0.4) is 0 Å². The zero-order valence-corrected chi connectivity index (χ0v) is 14.3. The van der Waals surface area contributed by atoms with Gasteiger partial charge in [0.2, 0.25) is 0 Å². The Morgan fingerprint density at radius 1 is 0.952 bits per heavy atom. The first-order chi connectivity index (χ1) is 9.86. The lowest BCUT2D eigenvalue weighted by Crippen LogP contribution is -2.10. The summed E-state index contributed by atoms with van der Waals surface area (Å²) in [5.74, 6) is 1.07. The van der Waals surface area contributed by atoms with Gasteiger partial charge in [0, 0.05) is 21.6 Å². The molecule has 3 heteroatoms. The van der Waals surface area contributed by atoms with Gasteiger partial charge in [0.25, 0.3) is 0 Å². The van der Waals surface area contributed by atoms with Crippen LogP contribution in [0.4, 0.5) is 0 Å². The van der Waals surface area contributed by atoms with E-state index in [4.69, 9.17) is 11.6 Å². The molecule has 0 N–H and O–H groups in total. The summed E-state index contributed by atoms with van der Waals surface area (Å²) in [6, 6.07) is 16.0. The molecule has 0 aromatic heterocycles. The molecule has 0 amide bonds. The average Bonchev–Trinajstić information content (AvgIpc) is 2.41. The van der Waals surface area contributed by atoms with Crippen molar-refractivity contribution in [3.8, 4) is 0 Å². The second-order valence-electron chi connectivity index (χ2n) is 6.27. The molecule has 2 aromatic carbocycles. The standard InChI is InChI=1S/C18H21ClOS/c1-18(2,3)16-10-8-14(9-11-16)12-21(20)13-15-6-4-5-7-17(15)19/h4-11H,12-13H2,1-3H3. The summed E-state index contributed by atoms with van der Waals surface area (Å²) in [6.45, 7) is 6.58. The lowest BCUT2D eigenvalue weighted by Gasteiger charge is -2.19. The van der Waals surface area contributed by atoms with E-state index in [1.165, 1.54) is 5.56 Å². The SMILES string of the molecule is CC(C)(C)c1ccc(CS(=O)Cc2ccccc2Cl)cc1. The highest BCUT2D eigenvalue weighted by Gasteiger charge is 2.13. The van der Waals surface area contributed by atoms with Crippen molar-refractivity contribution in [1.82, 2.24) is 0 Å². The molecule has 0 saturated carbocycles. The minimum absolute atomic E-state index is 0.148. The Morgan fingerprint density at radius 3 is 2.14 bits per heavy atom. The summed E-state index contributed by atoms with van der Waals surface area (Å²) in [5, 5.41) is 0.689. The van der Waals surface area contributed by atoms with Gasteiger partial charge in [0.05, 0.1) is 5.75 Å². The molecule has 2 rings (SSSR count). The Balaban J connectivity index is 2.02. The average molecular weight is 321 g/mol. The highest BCUT2D eigenvalue weighted by Crippen LogP contribution is 2.23. The maximum atomic E-state index is 12.3. The molecule has 0 aliphatic rings. The molecule has 2 aromatic rings. The van der Waals surface area contributed by atoms with Crippen molar-refractivity contribution in [3.05, 3.63) is 70.2 Å². The van der Waals surface area contributed by atoms with Gasteiger partial charge in [-0.2, -0.15) is 0 Å². The van der Waals surface area contributed by atoms with Crippen molar-refractivity contribution in [3.63, 3.8) is 0 Å². The third kappa shape index (κ3) is 4.69. The molecular formula is C18H21ClOS. The van der Waals surface area contributed by atoms with E-state index in [1.807, 2.05) is 24.3 Å². The third-order valence-corrected chi connectivity index (χ3v) is 5.08. The molecule has 1 nitrogen and oxygen atoms in total. The van der Waals surface area contributed by atoms with Gasteiger partial charge in [-0.05, 0) is 28.2 Å². The molecule has 0 bridgehead atoms. The van der Waals surface area contributed by atoms with E-state index in [0.717, 1.165) is 11.1 Å². The van der Waals surface area contributed by atoms with Crippen LogP contribution in [0, 0.1) is 0 Å². The molecule has 0 aliphatic heterocycles. The Kier molecular flexibility index (Phi) is 5.23. The summed E-state index contributed by atoms with van der Waals surface area (Å²) in [7, 11) is -0.944. The van der Waals surface area contributed by atoms with E-state index in [9.17, 15) is 4.21 Å². The summed E-state index contributed by atoms with van der Waals surface area (Å²) in [4.78, 5) is 0. The van der Waals surface area contributed by atoms with E-state index < -0.39 is 10.8 Å². The predicted octanol–water partition coefficient (Wildman–Crippen LogP) is 5.09. The van der Waals surface area contributed by atoms with Crippen molar-refractivity contribution in [1.29, 1.82) is 0 Å². The number of hydrogen-bond donors (Lipinski definition) is 0. The lowest BCUT2D eigenvalue weighted by atomic mass is 9.87. The van der Waals surface area contributed by atoms with Crippen LogP contribution >= 0.6 is 11.6 Å². The van der Waals surface area contributed by atoms with Crippen LogP contribution in [0.25, 0.3) is 0 Å². The van der Waals surface area contributed by atoms with Crippen molar-refractivity contribution in [2.24, 2.45) is 0 Å². The molecule has 1 atom stereocenters. The van der Waals surface area contributed by atoms with E-state index in [-0.39, 0.29) is 5.41 Å². The first-order valence-electron chi connectivity index (χ1n) is 7.04. The Hall–Kier alpha value is -1.12. The van der Waals surface area contributed by atoms with Gasteiger partial charge in [-0.15, -0.1) is 0 Å². The van der Waals surface area contributed by atoms with Gasteiger partial charge in [-0.3, -0.25) is 4.21 Å². The zero-order chi connectivity index (χ0) is 15.5. The fraction of sp³-hybridized carbons (Fsp3) is 0.333. The number of rotatable bonds is 4. The fourth-order valence-corrected chi connectivity index (χ4v) is 3.67. The molecule has 0 spiro atoms. The molecular weight excluding hydrogens is 300 g/mol. The second kappa shape index (κ2) is 6.76. The van der Waals surface area contributed by atoms with Gasteiger partial charge >= 0.3 is 0 Å². The first-order valence-corrected chi connectivity index (χ1v) is 8.90. The molecule has 0 radical (unpaired) electrons. The van der Waals surface area contributed by atoms with Gasteiger partial charge in [-0.1, -0.05) is 74.8 Å². The van der Waals surface area contributed by atoms with Crippen LogP contribution in [-0.4, -0.2) is 4.21 Å². The normalized spacial score (nSPS) is 13.1. The largest absolute Gasteiger partial charge is 0.259 e. The fourth-order valence-electron chi connectivity index (χ4n) is 2.13. The van der Waals surface area contributed by atoms with Crippen LogP contribution < -0.4 is 0 Å². The highest BCUT2D eigenvalue weighted by molar-refractivity contribution is 7.83. The van der Waals surface area contributed by atoms with Crippen LogP contribution in [0.15, 0.2) is 48.5 Å². The Bertz CT molecular complexity index is 626. The summed E-state index contributed by atoms with van der Waals surface area (Å²) < 4.78 is 12.3. The molecule has 0 fully saturated rings. The Morgan fingerprint density at radius 2 is 1.57 bits per heavy atom. The van der Waals surface area contributed by atoms with Crippen molar-refractivity contribution in [2.45, 2.75) is 37.7 Å². The predicted molar refractivity (Wildman–Crippen MR) is 92.1 cm³/mol. The smallest absolute Gasteiger partial charge is 0.0503 e. The van der Waals surface area contributed by atoms with Gasteiger partial charge in [-0.25, -0.2) is 0 Å². The van der Waals surface area contributed by atoms with Gasteiger partial charge in [0.15, 0.2) is 0 Å².